The molecule has 0 heterocycles. The standard InChI is InChI=1S/C7H9BF3N/c9-8(10,11)12-6-7-4-2-1-3-5-7/h1-5H,6,12H2. The van der Waals surface area contributed by atoms with E-state index in [4.69, 9.17) is 0 Å². The molecular formula is C7H9BF3N. The van der Waals surface area contributed by atoms with Crippen LogP contribution in [0, 0.1) is 0 Å². The molecule has 0 aromatic heterocycles. The molecule has 0 spiro atoms. The van der Waals surface area contributed by atoms with Crippen LogP contribution in [0.3, 0.4) is 0 Å². The Labute approximate surface area is 68.7 Å². The van der Waals surface area contributed by atoms with Crippen molar-refractivity contribution >= 4 is 7.11 Å². The summed E-state index contributed by atoms with van der Waals surface area (Å²) in [5, 5.41) is 0.412. The van der Waals surface area contributed by atoms with Gasteiger partial charge in [-0.15, -0.1) is 0 Å². The van der Waals surface area contributed by atoms with Gasteiger partial charge >= 0.3 is 7.11 Å². The quantitative estimate of drug-likeness (QED) is 0.662. The van der Waals surface area contributed by atoms with Crippen molar-refractivity contribution in [2.24, 2.45) is 0 Å². The molecular weight excluding hydrogens is 166 g/mol. The van der Waals surface area contributed by atoms with Gasteiger partial charge < -0.3 is 18.2 Å². The molecule has 0 aliphatic carbocycles. The number of hydrogen-bond donors (Lipinski definition) is 1. The molecule has 2 N–H and O–H groups in total. The molecule has 5 heteroatoms. The number of benzene rings is 1. The zero-order valence-electron chi connectivity index (χ0n) is 6.38. The fourth-order valence-corrected chi connectivity index (χ4v) is 0.884. The average Bonchev–Trinajstić information content (AvgIpc) is 2.02. The van der Waals surface area contributed by atoms with E-state index in [0.717, 1.165) is 0 Å². The second-order valence-electron chi connectivity index (χ2n) is 2.55. The zero-order chi connectivity index (χ0) is 9.03. The summed E-state index contributed by atoms with van der Waals surface area (Å²) in [7, 11) is -4.75. The minimum absolute atomic E-state index is 0.0235. The third-order valence-corrected chi connectivity index (χ3v) is 1.46. The van der Waals surface area contributed by atoms with E-state index in [-0.39, 0.29) is 6.54 Å². The Morgan fingerprint density at radius 3 is 2.17 bits per heavy atom. The Hall–Kier alpha value is -0.965. The summed E-state index contributed by atoms with van der Waals surface area (Å²) in [6.07, 6.45) is 0. The summed E-state index contributed by atoms with van der Waals surface area (Å²) in [5.74, 6) is 0. The minimum Gasteiger partial charge on any atom is -0.440 e. The van der Waals surface area contributed by atoms with Gasteiger partial charge in [-0.2, -0.15) is 0 Å². The van der Waals surface area contributed by atoms with E-state index in [1.54, 1.807) is 30.3 Å². The van der Waals surface area contributed by atoms with Gasteiger partial charge in [0, 0.05) is 5.56 Å². The zero-order valence-corrected chi connectivity index (χ0v) is 6.38. The van der Waals surface area contributed by atoms with Crippen LogP contribution in [-0.4, -0.2) is 7.11 Å². The maximum absolute atomic E-state index is 11.7. The van der Waals surface area contributed by atoms with Crippen molar-refractivity contribution in [3.05, 3.63) is 35.9 Å². The Morgan fingerprint density at radius 1 is 1.08 bits per heavy atom. The van der Waals surface area contributed by atoms with Gasteiger partial charge in [-0.1, -0.05) is 30.3 Å². The largest absolute Gasteiger partial charge is 0.730 e. The van der Waals surface area contributed by atoms with E-state index in [1.807, 2.05) is 0 Å². The molecule has 0 atom stereocenters. The monoisotopic (exact) mass is 175 g/mol. The lowest BCUT2D eigenvalue weighted by atomic mass is 10.1. The molecule has 0 amide bonds. The highest BCUT2D eigenvalue weighted by atomic mass is 19.4. The van der Waals surface area contributed by atoms with Crippen LogP contribution in [0.4, 0.5) is 12.9 Å². The van der Waals surface area contributed by atoms with Gasteiger partial charge in [0.25, 0.3) is 0 Å². The normalized spacial score (nSPS) is 11.6. The van der Waals surface area contributed by atoms with E-state index in [2.05, 4.69) is 0 Å². The van der Waals surface area contributed by atoms with Gasteiger partial charge in [-0.3, -0.25) is 0 Å². The van der Waals surface area contributed by atoms with Crippen molar-refractivity contribution in [2.75, 3.05) is 0 Å². The number of quaternary nitrogens is 1. The first-order chi connectivity index (χ1) is 5.58. The lowest BCUT2D eigenvalue weighted by Gasteiger charge is -2.10. The van der Waals surface area contributed by atoms with Crippen molar-refractivity contribution in [3.8, 4) is 0 Å². The maximum atomic E-state index is 11.7. The Bertz CT molecular complexity index is 234. The van der Waals surface area contributed by atoms with Crippen LogP contribution >= 0.6 is 0 Å². The van der Waals surface area contributed by atoms with Gasteiger partial charge in [-0.25, -0.2) is 0 Å². The van der Waals surface area contributed by atoms with Crippen molar-refractivity contribution in [1.29, 1.82) is 0 Å². The Morgan fingerprint density at radius 2 is 1.67 bits per heavy atom. The van der Waals surface area contributed by atoms with E-state index in [1.165, 1.54) is 0 Å². The fraction of sp³-hybridized carbons (Fsp3) is 0.143. The smallest absolute Gasteiger partial charge is 0.440 e. The molecule has 0 fully saturated rings. The third-order valence-electron chi connectivity index (χ3n) is 1.46. The van der Waals surface area contributed by atoms with Gasteiger partial charge in [0.2, 0.25) is 0 Å². The summed E-state index contributed by atoms with van der Waals surface area (Å²) in [4.78, 5) is 0. The molecule has 1 aromatic carbocycles. The molecule has 66 valence electrons. The van der Waals surface area contributed by atoms with Gasteiger partial charge in [-0.05, 0) is 0 Å². The summed E-state index contributed by atoms with van der Waals surface area (Å²) in [6.45, 7) is -0.0235. The van der Waals surface area contributed by atoms with Crippen molar-refractivity contribution in [1.82, 2.24) is 0 Å². The van der Waals surface area contributed by atoms with E-state index >= 15 is 0 Å². The number of rotatable bonds is 3. The number of halogens is 3. The first-order valence-electron chi connectivity index (χ1n) is 3.66. The highest BCUT2D eigenvalue weighted by Crippen LogP contribution is 1.98. The van der Waals surface area contributed by atoms with Gasteiger partial charge in [0.1, 0.15) is 0 Å². The summed E-state index contributed by atoms with van der Waals surface area (Å²) < 4.78 is 35.2. The van der Waals surface area contributed by atoms with Gasteiger partial charge in [0.15, 0.2) is 0 Å². The van der Waals surface area contributed by atoms with Crippen LogP contribution in [0.15, 0.2) is 30.3 Å². The number of nitrogens with two attached hydrogens (primary N) is 1. The predicted molar refractivity (Wildman–Crippen MR) is 41.1 cm³/mol. The SMILES string of the molecule is F[B-](F)(F)[NH2+]Cc1ccccc1. The van der Waals surface area contributed by atoms with Crippen molar-refractivity contribution in [3.63, 3.8) is 0 Å². The molecule has 12 heavy (non-hydrogen) atoms. The molecule has 1 rings (SSSR count). The molecule has 1 aromatic rings. The molecule has 0 saturated carbocycles. The van der Waals surface area contributed by atoms with Crippen LogP contribution in [0.25, 0.3) is 0 Å². The van der Waals surface area contributed by atoms with Crippen LogP contribution < -0.4 is 5.23 Å². The minimum atomic E-state index is -4.75. The lowest BCUT2D eigenvalue weighted by Crippen LogP contribution is -2.94. The molecule has 0 saturated heterocycles. The molecule has 0 radical (unpaired) electrons. The molecule has 0 unspecified atom stereocenters. The van der Waals surface area contributed by atoms with Crippen molar-refractivity contribution < 1.29 is 18.2 Å². The van der Waals surface area contributed by atoms with Crippen LogP contribution in [0.1, 0.15) is 5.56 Å². The number of hydrogen-bond acceptors (Lipinski definition) is 0. The molecule has 0 bridgehead atoms. The Balaban J connectivity index is 2.44. The fourth-order valence-electron chi connectivity index (χ4n) is 0.884. The van der Waals surface area contributed by atoms with E-state index < -0.39 is 7.11 Å². The van der Waals surface area contributed by atoms with Crippen LogP contribution in [-0.2, 0) is 6.54 Å². The first-order valence-corrected chi connectivity index (χ1v) is 3.66. The second-order valence-corrected chi connectivity index (χ2v) is 2.55. The van der Waals surface area contributed by atoms with Crippen LogP contribution in [0.5, 0.6) is 0 Å². The van der Waals surface area contributed by atoms with E-state index in [0.29, 0.717) is 10.8 Å². The second kappa shape index (κ2) is 3.62. The topological polar surface area (TPSA) is 16.6 Å². The summed E-state index contributed by atoms with van der Waals surface area (Å²) in [5.41, 5.74) is 0.691. The average molecular weight is 175 g/mol. The summed E-state index contributed by atoms with van der Waals surface area (Å²) in [6, 6.07) is 8.60. The summed E-state index contributed by atoms with van der Waals surface area (Å²) >= 11 is 0. The first kappa shape index (κ1) is 9.13. The lowest BCUT2D eigenvalue weighted by molar-refractivity contribution is -0.576. The van der Waals surface area contributed by atoms with E-state index in [9.17, 15) is 12.9 Å². The Kier molecular flexibility index (Phi) is 2.76. The molecule has 0 aliphatic heterocycles. The van der Waals surface area contributed by atoms with Gasteiger partial charge in [0.05, 0.1) is 6.54 Å². The highest BCUT2D eigenvalue weighted by Gasteiger charge is 2.31. The predicted octanol–water partition coefficient (Wildman–Crippen LogP) is 1.09. The third kappa shape index (κ3) is 3.43. The highest BCUT2D eigenvalue weighted by molar-refractivity contribution is 6.48. The van der Waals surface area contributed by atoms with Crippen molar-refractivity contribution in [2.45, 2.75) is 6.54 Å². The van der Waals surface area contributed by atoms with Crippen LogP contribution in [0.2, 0.25) is 0 Å². The maximum Gasteiger partial charge on any atom is 0.730 e. The molecule has 0 aliphatic rings. The molecule has 1 nitrogen and oxygen atoms in total.